The summed E-state index contributed by atoms with van der Waals surface area (Å²) in [5.41, 5.74) is 0.595. The number of aliphatic hydroxyl groups is 1. The van der Waals surface area contributed by atoms with Gasteiger partial charge in [-0.2, -0.15) is 0 Å². The van der Waals surface area contributed by atoms with Crippen LogP contribution in [0.4, 0.5) is 5.82 Å². The normalized spacial score (nSPS) is 16.5. The molecule has 1 atom stereocenters. The van der Waals surface area contributed by atoms with Gasteiger partial charge in [0, 0.05) is 30.7 Å². The molecule has 0 spiro atoms. The molecule has 11 heteroatoms. The van der Waals surface area contributed by atoms with Gasteiger partial charge in [0.1, 0.15) is 22.3 Å². The molecule has 3 aromatic rings. The van der Waals surface area contributed by atoms with Gasteiger partial charge in [-0.3, -0.25) is 14.5 Å². The summed E-state index contributed by atoms with van der Waals surface area (Å²) in [5, 5.41) is 17.0. The summed E-state index contributed by atoms with van der Waals surface area (Å²) in [4.78, 5) is 40.3. The number of nitrogens with zero attached hydrogens (tertiary/aromatic N) is 4. The monoisotopic (exact) mass is 470 g/mol. The third-order valence-electron chi connectivity index (χ3n) is 5.26. The van der Waals surface area contributed by atoms with Gasteiger partial charge in [-0.25, -0.2) is 15.0 Å². The van der Waals surface area contributed by atoms with Gasteiger partial charge in [-0.15, -0.1) is 11.3 Å². The minimum atomic E-state index is -0.225. The number of aromatic nitrogens is 3. The number of piperidine rings is 1. The molecule has 4 rings (SSSR count). The highest BCUT2D eigenvalue weighted by Crippen LogP contribution is 2.27. The zero-order valence-corrected chi connectivity index (χ0v) is 19.1. The second kappa shape index (κ2) is 10.6. The average molecular weight is 471 g/mol. The highest BCUT2D eigenvalue weighted by Gasteiger charge is 2.26. The molecule has 4 heterocycles. The molecule has 0 bridgehead atoms. The van der Waals surface area contributed by atoms with Gasteiger partial charge < -0.3 is 20.2 Å². The van der Waals surface area contributed by atoms with E-state index in [0.29, 0.717) is 34.6 Å². The molecule has 1 aliphatic rings. The van der Waals surface area contributed by atoms with Crippen molar-refractivity contribution in [1.82, 2.24) is 25.2 Å². The number of aliphatic hydroxyl groups excluding tert-OH is 1. The summed E-state index contributed by atoms with van der Waals surface area (Å²) in [5.74, 6) is 1.47. The molecule has 3 N–H and O–H groups in total. The minimum absolute atomic E-state index is 0.0866. The molecule has 1 fully saturated rings. The van der Waals surface area contributed by atoms with Crippen LogP contribution >= 0.6 is 11.3 Å². The fraction of sp³-hybridized carbons (Fsp3) is 0.409. The second-order valence-electron chi connectivity index (χ2n) is 7.85. The molecule has 10 nitrogen and oxygen atoms in total. The number of hydrogen-bond donors (Lipinski definition) is 3. The van der Waals surface area contributed by atoms with Crippen LogP contribution in [0.15, 0.2) is 34.2 Å². The smallest absolute Gasteiger partial charge is 0.239 e. The predicted octanol–water partition coefficient (Wildman–Crippen LogP) is 1.93. The highest BCUT2D eigenvalue weighted by molar-refractivity contribution is 7.13. The number of carbonyl (C=O) groups excluding carboxylic acids is 2. The van der Waals surface area contributed by atoms with E-state index in [1.54, 1.807) is 18.3 Å². The topological polar surface area (TPSA) is 133 Å². The molecule has 2 amide bonds. The molecule has 174 valence electrons. The summed E-state index contributed by atoms with van der Waals surface area (Å²) in [7, 11) is 0. The molecular weight excluding hydrogens is 444 g/mol. The second-order valence-corrected chi connectivity index (χ2v) is 8.74. The summed E-state index contributed by atoms with van der Waals surface area (Å²) in [6.07, 6.45) is 3.29. The van der Waals surface area contributed by atoms with E-state index in [1.165, 1.54) is 11.3 Å². The van der Waals surface area contributed by atoms with Crippen molar-refractivity contribution in [2.45, 2.75) is 19.8 Å². The Morgan fingerprint density at radius 2 is 2.21 bits per heavy atom. The van der Waals surface area contributed by atoms with Gasteiger partial charge >= 0.3 is 0 Å². The van der Waals surface area contributed by atoms with Gasteiger partial charge in [0.05, 0.1) is 19.1 Å². The molecule has 1 unspecified atom stereocenters. The van der Waals surface area contributed by atoms with Gasteiger partial charge in [-0.05, 0) is 38.4 Å². The SMILES string of the molecule is Cc1ccc(-c2nc(NC(=O)CN3CCCC(C(=O)NCCO)C3)cc(-c3nccs3)n2)o1. The molecule has 0 radical (unpaired) electrons. The molecule has 0 aliphatic carbocycles. The standard InChI is InChI=1S/C22H26N6O4S/c1-14-4-5-17(32-14)20-25-16(22-24-7-10-33-22)11-18(27-20)26-19(30)13-28-8-2-3-15(12-28)21(31)23-6-9-29/h4-5,7,10-11,15,29H,2-3,6,8-9,12-13H2,1H3,(H,23,31)(H,25,26,27,30). The van der Waals surface area contributed by atoms with Crippen molar-refractivity contribution in [2.75, 3.05) is 38.1 Å². The maximum absolute atomic E-state index is 12.8. The van der Waals surface area contributed by atoms with Crippen LogP contribution < -0.4 is 10.6 Å². The Morgan fingerprint density at radius 3 is 2.94 bits per heavy atom. The number of thiazole rings is 1. The molecule has 1 saturated heterocycles. The van der Waals surface area contributed by atoms with Crippen molar-refractivity contribution in [3.63, 3.8) is 0 Å². The summed E-state index contributed by atoms with van der Waals surface area (Å²) < 4.78 is 5.67. The first-order chi connectivity index (χ1) is 16.0. The quantitative estimate of drug-likeness (QED) is 0.455. The average Bonchev–Trinajstić information content (AvgIpc) is 3.49. The van der Waals surface area contributed by atoms with Crippen LogP contribution in [0, 0.1) is 12.8 Å². The van der Waals surface area contributed by atoms with E-state index in [9.17, 15) is 9.59 Å². The zero-order chi connectivity index (χ0) is 23.2. The van der Waals surface area contributed by atoms with Crippen LogP contribution in [-0.4, -0.2) is 69.6 Å². The Labute approximate surface area is 195 Å². The molecule has 3 aromatic heterocycles. The van der Waals surface area contributed by atoms with Crippen molar-refractivity contribution in [3.05, 3.63) is 35.5 Å². The Balaban J connectivity index is 1.46. The number of rotatable bonds is 8. The Kier molecular flexibility index (Phi) is 7.43. The summed E-state index contributed by atoms with van der Waals surface area (Å²) in [6, 6.07) is 5.31. The van der Waals surface area contributed by atoms with E-state index in [4.69, 9.17) is 9.52 Å². The largest absolute Gasteiger partial charge is 0.458 e. The fourth-order valence-electron chi connectivity index (χ4n) is 3.76. The van der Waals surface area contributed by atoms with Crippen molar-refractivity contribution in [1.29, 1.82) is 0 Å². The number of aryl methyl sites for hydroxylation is 1. The van der Waals surface area contributed by atoms with E-state index in [2.05, 4.69) is 25.6 Å². The van der Waals surface area contributed by atoms with Crippen LogP contribution in [0.25, 0.3) is 22.3 Å². The van der Waals surface area contributed by atoms with Crippen LogP contribution in [0.1, 0.15) is 18.6 Å². The van der Waals surface area contributed by atoms with Crippen molar-refractivity contribution in [3.8, 4) is 22.3 Å². The number of likely N-dealkylation sites (tertiary alicyclic amines) is 1. The van der Waals surface area contributed by atoms with E-state index >= 15 is 0 Å². The maximum atomic E-state index is 12.8. The van der Waals surface area contributed by atoms with Gasteiger partial charge in [0.2, 0.25) is 11.8 Å². The van der Waals surface area contributed by atoms with Crippen LogP contribution in [0.5, 0.6) is 0 Å². The van der Waals surface area contributed by atoms with Crippen molar-refractivity contribution in [2.24, 2.45) is 5.92 Å². The molecule has 0 saturated carbocycles. The lowest BCUT2D eigenvalue weighted by Gasteiger charge is -2.31. The molecule has 33 heavy (non-hydrogen) atoms. The van der Waals surface area contributed by atoms with E-state index in [1.807, 2.05) is 23.3 Å². The molecule has 1 aliphatic heterocycles. The van der Waals surface area contributed by atoms with Crippen LogP contribution in [-0.2, 0) is 9.59 Å². The summed E-state index contributed by atoms with van der Waals surface area (Å²) >= 11 is 1.44. The number of anilines is 1. The Hall–Kier alpha value is -3.15. The van der Waals surface area contributed by atoms with Gasteiger partial charge in [0.15, 0.2) is 11.6 Å². The minimum Gasteiger partial charge on any atom is -0.458 e. The van der Waals surface area contributed by atoms with Crippen molar-refractivity contribution >= 4 is 29.0 Å². The van der Waals surface area contributed by atoms with Crippen LogP contribution in [0.3, 0.4) is 0 Å². The Morgan fingerprint density at radius 1 is 1.33 bits per heavy atom. The zero-order valence-electron chi connectivity index (χ0n) is 18.3. The number of carbonyl (C=O) groups is 2. The van der Waals surface area contributed by atoms with Gasteiger partial charge in [-0.1, -0.05) is 0 Å². The number of nitrogens with one attached hydrogen (secondary N) is 2. The first kappa shape index (κ1) is 23.0. The third kappa shape index (κ3) is 6.01. The first-order valence-electron chi connectivity index (χ1n) is 10.8. The number of amides is 2. The van der Waals surface area contributed by atoms with Gasteiger partial charge in [0.25, 0.3) is 0 Å². The first-order valence-corrected chi connectivity index (χ1v) is 11.7. The molecular formula is C22H26N6O4S. The lowest BCUT2D eigenvalue weighted by Crippen LogP contribution is -2.45. The molecule has 0 aromatic carbocycles. The fourth-order valence-corrected chi connectivity index (χ4v) is 4.36. The van der Waals surface area contributed by atoms with E-state index in [0.717, 1.165) is 25.1 Å². The number of hydrogen-bond acceptors (Lipinski definition) is 9. The summed E-state index contributed by atoms with van der Waals surface area (Å²) in [6.45, 7) is 3.37. The van der Waals surface area contributed by atoms with Crippen LogP contribution in [0.2, 0.25) is 0 Å². The lowest BCUT2D eigenvalue weighted by molar-refractivity contribution is -0.128. The van der Waals surface area contributed by atoms with E-state index < -0.39 is 0 Å². The van der Waals surface area contributed by atoms with Crippen molar-refractivity contribution < 1.29 is 19.1 Å². The predicted molar refractivity (Wildman–Crippen MR) is 123 cm³/mol. The maximum Gasteiger partial charge on any atom is 0.239 e. The third-order valence-corrected chi connectivity index (χ3v) is 6.06. The van der Waals surface area contributed by atoms with E-state index in [-0.39, 0.29) is 37.4 Å². The highest BCUT2D eigenvalue weighted by atomic mass is 32.1. The Bertz CT molecular complexity index is 1100. The lowest BCUT2D eigenvalue weighted by atomic mass is 9.97. The number of furan rings is 1.